The van der Waals surface area contributed by atoms with Crippen LogP contribution in [0.1, 0.15) is 32.9 Å². The Morgan fingerprint density at radius 3 is 2.64 bits per heavy atom. The van der Waals surface area contributed by atoms with E-state index in [1.54, 1.807) is 21.5 Å². The van der Waals surface area contributed by atoms with Crippen molar-refractivity contribution in [3.05, 3.63) is 34.5 Å². The van der Waals surface area contributed by atoms with Gasteiger partial charge in [0.1, 0.15) is 5.52 Å². The number of rotatable bonds is 2. The summed E-state index contributed by atoms with van der Waals surface area (Å²) in [7, 11) is -2.92. The largest absolute Gasteiger partial charge is 0.312 e. The van der Waals surface area contributed by atoms with Crippen LogP contribution in [-0.4, -0.2) is 34.1 Å². The summed E-state index contributed by atoms with van der Waals surface area (Å²) < 4.78 is 26.3. The fraction of sp³-hybridized carbons (Fsp3) is 0.600. The van der Waals surface area contributed by atoms with Crippen molar-refractivity contribution in [3.63, 3.8) is 0 Å². The number of hydrogen-bond donors (Lipinski definition) is 0. The first kappa shape index (κ1) is 15.3. The lowest BCUT2D eigenvalue weighted by atomic mass is 9.92. The molecular formula is C15H21N3O3S. The van der Waals surface area contributed by atoms with Gasteiger partial charge in [-0.2, -0.15) is 5.10 Å². The highest BCUT2D eigenvalue weighted by Gasteiger charge is 2.28. The van der Waals surface area contributed by atoms with Crippen molar-refractivity contribution >= 4 is 15.4 Å². The van der Waals surface area contributed by atoms with Crippen molar-refractivity contribution in [2.75, 3.05) is 11.5 Å². The van der Waals surface area contributed by atoms with Gasteiger partial charge in [-0.3, -0.25) is 4.79 Å². The van der Waals surface area contributed by atoms with E-state index in [0.717, 1.165) is 5.69 Å². The number of nitrogens with zero attached hydrogens (tertiary/aromatic N) is 3. The fourth-order valence-corrected chi connectivity index (χ4v) is 4.68. The maximum absolute atomic E-state index is 12.6. The summed E-state index contributed by atoms with van der Waals surface area (Å²) in [6, 6.07) is 1.82. The molecule has 1 saturated heterocycles. The van der Waals surface area contributed by atoms with Gasteiger partial charge < -0.3 is 4.57 Å². The van der Waals surface area contributed by atoms with Crippen molar-refractivity contribution in [2.24, 2.45) is 5.92 Å². The van der Waals surface area contributed by atoms with E-state index in [2.05, 4.69) is 25.9 Å². The number of fused-ring (bicyclic) bond motifs is 1. The topological polar surface area (TPSA) is 73.4 Å². The average Bonchev–Trinajstić information content (AvgIpc) is 2.96. The smallest absolute Gasteiger partial charge is 0.276 e. The molecule has 1 unspecified atom stereocenters. The third kappa shape index (κ3) is 2.82. The van der Waals surface area contributed by atoms with Crippen LogP contribution in [0.3, 0.4) is 0 Å². The zero-order chi connectivity index (χ0) is 16.1. The van der Waals surface area contributed by atoms with Crippen LogP contribution in [0.4, 0.5) is 0 Å². The molecule has 7 heteroatoms. The van der Waals surface area contributed by atoms with E-state index in [1.165, 1.54) is 0 Å². The van der Waals surface area contributed by atoms with E-state index >= 15 is 0 Å². The molecule has 0 radical (unpaired) electrons. The van der Waals surface area contributed by atoms with E-state index in [1.807, 2.05) is 6.07 Å². The van der Waals surface area contributed by atoms with Crippen molar-refractivity contribution in [1.82, 2.24) is 14.2 Å². The van der Waals surface area contributed by atoms with E-state index in [4.69, 9.17) is 0 Å². The number of sulfone groups is 1. The number of hydrogen-bond acceptors (Lipinski definition) is 4. The van der Waals surface area contributed by atoms with Gasteiger partial charge in [-0.05, 0) is 18.4 Å². The Balaban J connectivity index is 1.95. The van der Waals surface area contributed by atoms with Gasteiger partial charge in [0.05, 0.1) is 17.2 Å². The van der Waals surface area contributed by atoms with Crippen LogP contribution in [0.2, 0.25) is 0 Å². The molecule has 1 aliphatic rings. The molecule has 0 amide bonds. The molecule has 120 valence electrons. The molecule has 0 bridgehead atoms. The third-order valence-electron chi connectivity index (χ3n) is 4.15. The first-order valence-electron chi connectivity index (χ1n) is 7.45. The van der Waals surface area contributed by atoms with Gasteiger partial charge in [-0.25, -0.2) is 12.9 Å². The van der Waals surface area contributed by atoms with Crippen LogP contribution < -0.4 is 5.56 Å². The van der Waals surface area contributed by atoms with Crippen molar-refractivity contribution in [2.45, 2.75) is 39.2 Å². The molecule has 0 aromatic carbocycles. The molecular weight excluding hydrogens is 302 g/mol. The molecule has 22 heavy (non-hydrogen) atoms. The Labute approximate surface area is 129 Å². The Hall–Kier alpha value is -1.63. The predicted molar refractivity (Wildman–Crippen MR) is 84.9 cm³/mol. The molecule has 3 rings (SSSR count). The normalized spacial score (nSPS) is 21.5. The lowest BCUT2D eigenvalue weighted by Gasteiger charge is -2.13. The summed E-state index contributed by atoms with van der Waals surface area (Å²) in [6.07, 6.45) is 4.08. The van der Waals surface area contributed by atoms with E-state index < -0.39 is 9.84 Å². The highest BCUT2D eigenvalue weighted by molar-refractivity contribution is 7.91. The van der Waals surface area contributed by atoms with Crippen molar-refractivity contribution < 1.29 is 8.42 Å². The predicted octanol–water partition coefficient (Wildman–Crippen LogP) is 1.23. The van der Waals surface area contributed by atoms with Crippen LogP contribution in [0.25, 0.3) is 5.52 Å². The average molecular weight is 323 g/mol. The molecule has 0 aliphatic carbocycles. The molecule has 1 fully saturated rings. The molecule has 2 aromatic rings. The van der Waals surface area contributed by atoms with Crippen LogP contribution in [0.15, 0.2) is 23.3 Å². The minimum absolute atomic E-state index is 0.0233. The zero-order valence-electron chi connectivity index (χ0n) is 13.1. The zero-order valence-corrected chi connectivity index (χ0v) is 13.9. The first-order valence-corrected chi connectivity index (χ1v) is 9.28. The molecule has 0 spiro atoms. The SMILES string of the molecule is CC(C)(C)c1cc2c(=O)n(CC3CCS(=O)(=O)C3)ccn2n1. The van der Waals surface area contributed by atoms with Crippen molar-refractivity contribution in [3.8, 4) is 0 Å². The second-order valence-electron chi connectivity index (χ2n) is 7.13. The summed E-state index contributed by atoms with van der Waals surface area (Å²) in [5.74, 6) is 0.433. The summed E-state index contributed by atoms with van der Waals surface area (Å²) in [5.41, 5.74) is 1.16. The molecule has 1 atom stereocenters. The van der Waals surface area contributed by atoms with E-state index in [9.17, 15) is 13.2 Å². The Morgan fingerprint density at radius 1 is 1.32 bits per heavy atom. The summed E-state index contributed by atoms with van der Waals surface area (Å²) in [5, 5.41) is 4.45. The Kier molecular flexibility index (Phi) is 3.43. The quantitative estimate of drug-likeness (QED) is 0.833. The monoisotopic (exact) mass is 323 g/mol. The lowest BCUT2D eigenvalue weighted by molar-refractivity contribution is 0.480. The van der Waals surface area contributed by atoms with Crippen molar-refractivity contribution in [1.29, 1.82) is 0 Å². The summed E-state index contributed by atoms with van der Waals surface area (Å²) >= 11 is 0. The highest BCUT2D eigenvalue weighted by Crippen LogP contribution is 2.22. The van der Waals surface area contributed by atoms with Gasteiger partial charge in [-0.1, -0.05) is 20.8 Å². The van der Waals surface area contributed by atoms with Gasteiger partial charge in [0, 0.05) is 24.4 Å². The van der Waals surface area contributed by atoms with Gasteiger partial charge in [0.25, 0.3) is 5.56 Å². The maximum atomic E-state index is 12.6. The van der Waals surface area contributed by atoms with Gasteiger partial charge in [-0.15, -0.1) is 0 Å². The second-order valence-corrected chi connectivity index (χ2v) is 9.36. The minimum Gasteiger partial charge on any atom is -0.312 e. The summed E-state index contributed by atoms with van der Waals surface area (Å²) in [6.45, 7) is 6.61. The fourth-order valence-electron chi connectivity index (χ4n) is 2.83. The molecule has 1 aliphatic heterocycles. The third-order valence-corrected chi connectivity index (χ3v) is 5.99. The molecule has 3 heterocycles. The molecule has 0 N–H and O–H groups in total. The molecule has 0 saturated carbocycles. The van der Waals surface area contributed by atoms with Crippen LogP contribution in [0.5, 0.6) is 0 Å². The number of aromatic nitrogens is 3. The highest BCUT2D eigenvalue weighted by atomic mass is 32.2. The standard InChI is InChI=1S/C15H21N3O3S/c1-15(2,3)13-8-12-14(19)17(5-6-18(12)16-13)9-11-4-7-22(20,21)10-11/h5-6,8,11H,4,7,9-10H2,1-3H3. The van der Waals surface area contributed by atoms with Gasteiger partial charge >= 0.3 is 0 Å². The van der Waals surface area contributed by atoms with Crippen LogP contribution in [0, 0.1) is 5.92 Å². The van der Waals surface area contributed by atoms with Gasteiger partial charge in [0.2, 0.25) is 0 Å². The maximum Gasteiger partial charge on any atom is 0.276 e. The Bertz CT molecular complexity index is 872. The van der Waals surface area contributed by atoms with Crippen LogP contribution >= 0.6 is 0 Å². The van der Waals surface area contributed by atoms with E-state index in [-0.39, 0.29) is 28.4 Å². The van der Waals surface area contributed by atoms with E-state index in [0.29, 0.717) is 18.5 Å². The summed E-state index contributed by atoms with van der Waals surface area (Å²) in [4.78, 5) is 12.6. The van der Waals surface area contributed by atoms with Gasteiger partial charge in [0.15, 0.2) is 9.84 Å². The van der Waals surface area contributed by atoms with Crippen LogP contribution in [-0.2, 0) is 21.8 Å². The Morgan fingerprint density at radius 2 is 2.05 bits per heavy atom. The minimum atomic E-state index is -2.92. The molecule has 2 aromatic heterocycles. The second kappa shape index (κ2) is 4.94. The first-order chi connectivity index (χ1) is 10.2. The molecule has 6 nitrogen and oxygen atoms in total. The lowest BCUT2D eigenvalue weighted by Crippen LogP contribution is -2.25.